The molecule has 2 N–H and O–H groups in total. The molecule has 0 radical (unpaired) electrons. The molecule has 1 heterocycles. The molecule has 6 nitrogen and oxygen atoms in total. The summed E-state index contributed by atoms with van der Waals surface area (Å²) in [4.78, 5) is 27.7. The van der Waals surface area contributed by atoms with Crippen molar-refractivity contribution in [1.82, 2.24) is 14.9 Å². The lowest BCUT2D eigenvalue weighted by Gasteiger charge is -2.18. The number of rotatable bonds is 3. The van der Waals surface area contributed by atoms with Crippen molar-refractivity contribution in [1.29, 1.82) is 0 Å². The maximum Gasteiger partial charge on any atom is 0.449 e. The minimum Gasteiger partial charge on any atom is -0.348 e. The van der Waals surface area contributed by atoms with Crippen LogP contribution in [0.4, 0.5) is 18.9 Å². The molecule has 2 bridgehead atoms. The fourth-order valence-corrected chi connectivity index (χ4v) is 4.15. The lowest BCUT2D eigenvalue weighted by molar-refractivity contribution is -0.146. The molecule has 2 amide bonds. The van der Waals surface area contributed by atoms with E-state index in [1.54, 1.807) is 0 Å². The number of allylic oxidation sites excluding steroid dienone is 2. The fraction of sp³-hybridized carbons (Fsp3) is 0.421. The molecule has 2 aromatic rings. The van der Waals surface area contributed by atoms with E-state index in [-0.39, 0.29) is 16.7 Å². The Morgan fingerprint density at radius 3 is 2.64 bits per heavy atom. The monoisotopic (exact) mass is 392 g/mol. The Morgan fingerprint density at radius 1 is 1.21 bits per heavy atom. The topological polar surface area (TPSA) is 76.0 Å². The van der Waals surface area contributed by atoms with Gasteiger partial charge >= 0.3 is 18.0 Å². The van der Waals surface area contributed by atoms with Gasteiger partial charge in [0.1, 0.15) is 0 Å². The molecular formula is C19H19F3N4O2. The molecule has 1 fully saturated rings. The maximum atomic E-state index is 13.0. The molecule has 1 saturated carbocycles. The third kappa shape index (κ3) is 3.36. The number of fused-ring (bicyclic) bond motifs is 3. The van der Waals surface area contributed by atoms with E-state index in [4.69, 9.17) is 0 Å². The standard InChI is InChI=1S/C19H19F3N4O2/c1-26-15-5-4-13(8-14(15)25-18(26)19(20,21)22)24-17(28)16(27)23-9-12-7-10-2-3-11(12)6-10/h2-5,8,10-12H,6-7,9H2,1H3,(H,23,27)(H,24,28)/t10-,11-,12-/m0/s1. The number of aryl methyl sites for hydroxylation is 1. The average molecular weight is 392 g/mol. The average Bonchev–Trinajstić information content (AvgIpc) is 3.33. The Balaban J connectivity index is 1.40. The molecule has 28 heavy (non-hydrogen) atoms. The minimum atomic E-state index is -4.58. The normalized spacial score (nSPS) is 23.4. The van der Waals surface area contributed by atoms with E-state index < -0.39 is 23.8 Å². The Morgan fingerprint density at radius 2 is 2.00 bits per heavy atom. The number of halogens is 3. The number of nitrogens with one attached hydrogen (secondary N) is 2. The second-order valence-corrected chi connectivity index (χ2v) is 7.40. The molecule has 3 atom stereocenters. The largest absolute Gasteiger partial charge is 0.449 e. The van der Waals surface area contributed by atoms with Gasteiger partial charge < -0.3 is 15.2 Å². The summed E-state index contributed by atoms with van der Waals surface area (Å²) in [6, 6.07) is 4.18. The molecule has 0 spiro atoms. The Labute approximate surface area is 158 Å². The van der Waals surface area contributed by atoms with Crippen LogP contribution in [-0.4, -0.2) is 27.9 Å². The summed E-state index contributed by atoms with van der Waals surface area (Å²) in [6.07, 6.45) is 1.92. The molecule has 2 aliphatic carbocycles. The minimum absolute atomic E-state index is 0.0850. The number of nitrogens with zero attached hydrogens (tertiary/aromatic N) is 2. The lowest BCUT2D eigenvalue weighted by Crippen LogP contribution is -2.38. The summed E-state index contributed by atoms with van der Waals surface area (Å²) in [5, 5.41) is 5.06. The number of alkyl halides is 3. The number of anilines is 1. The summed E-state index contributed by atoms with van der Waals surface area (Å²) < 4.78 is 39.8. The van der Waals surface area contributed by atoms with Crippen LogP contribution in [0.25, 0.3) is 11.0 Å². The first-order valence-corrected chi connectivity index (χ1v) is 9.03. The van der Waals surface area contributed by atoms with Crippen LogP contribution in [0.3, 0.4) is 0 Å². The molecule has 1 aromatic carbocycles. The Kier molecular flexibility index (Phi) is 4.40. The first-order valence-electron chi connectivity index (χ1n) is 9.03. The van der Waals surface area contributed by atoms with Gasteiger partial charge in [-0.15, -0.1) is 0 Å². The van der Waals surface area contributed by atoms with Gasteiger partial charge in [-0.3, -0.25) is 9.59 Å². The number of benzene rings is 1. The smallest absolute Gasteiger partial charge is 0.348 e. The zero-order chi connectivity index (χ0) is 20.1. The second-order valence-electron chi connectivity index (χ2n) is 7.40. The van der Waals surface area contributed by atoms with Crippen LogP contribution in [0.5, 0.6) is 0 Å². The van der Waals surface area contributed by atoms with E-state index in [0.717, 1.165) is 17.4 Å². The molecule has 4 rings (SSSR count). The van der Waals surface area contributed by atoms with Crippen molar-refractivity contribution in [3.63, 3.8) is 0 Å². The fourth-order valence-electron chi connectivity index (χ4n) is 4.15. The molecule has 0 unspecified atom stereocenters. The molecule has 0 aliphatic heterocycles. The molecule has 0 saturated heterocycles. The number of carbonyl (C=O) groups excluding carboxylic acids is 2. The van der Waals surface area contributed by atoms with Crippen LogP contribution in [0.2, 0.25) is 0 Å². The summed E-state index contributed by atoms with van der Waals surface area (Å²) in [6.45, 7) is 0.436. The SMILES string of the molecule is Cn1c(C(F)(F)F)nc2cc(NC(=O)C(=O)NC[C@@H]3C[C@H]4C=C[C@H]3C4)ccc21. The van der Waals surface area contributed by atoms with Crippen molar-refractivity contribution in [2.24, 2.45) is 24.8 Å². The van der Waals surface area contributed by atoms with Gasteiger partial charge in [-0.2, -0.15) is 13.2 Å². The van der Waals surface area contributed by atoms with E-state index in [1.807, 2.05) is 0 Å². The predicted molar refractivity (Wildman–Crippen MR) is 96.2 cm³/mol. The van der Waals surface area contributed by atoms with Gasteiger partial charge in [-0.25, -0.2) is 4.98 Å². The summed E-state index contributed by atoms with van der Waals surface area (Å²) in [5.74, 6) is -1.26. The molecular weight excluding hydrogens is 373 g/mol. The first kappa shape index (κ1) is 18.5. The highest BCUT2D eigenvalue weighted by Gasteiger charge is 2.37. The number of aromatic nitrogens is 2. The summed E-state index contributed by atoms with van der Waals surface area (Å²) in [7, 11) is 1.27. The Hall–Kier alpha value is -2.84. The number of hydrogen-bond donors (Lipinski definition) is 2. The highest BCUT2D eigenvalue weighted by molar-refractivity contribution is 6.39. The van der Waals surface area contributed by atoms with Gasteiger partial charge in [0.25, 0.3) is 0 Å². The van der Waals surface area contributed by atoms with Crippen molar-refractivity contribution < 1.29 is 22.8 Å². The third-order valence-electron chi connectivity index (χ3n) is 5.54. The van der Waals surface area contributed by atoms with Gasteiger partial charge in [-0.1, -0.05) is 12.2 Å². The number of carbonyl (C=O) groups is 2. The quantitative estimate of drug-likeness (QED) is 0.623. The number of amides is 2. The number of hydrogen-bond acceptors (Lipinski definition) is 3. The first-order chi connectivity index (χ1) is 13.2. The lowest BCUT2D eigenvalue weighted by atomic mass is 9.94. The van der Waals surface area contributed by atoms with E-state index in [1.165, 1.54) is 25.2 Å². The van der Waals surface area contributed by atoms with Crippen molar-refractivity contribution >= 4 is 28.5 Å². The Bertz CT molecular complexity index is 979. The molecule has 1 aromatic heterocycles. The predicted octanol–water partition coefficient (Wildman–Crippen LogP) is 2.86. The van der Waals surface area contributed by atoms with Crippen LogP contribution in [0, 0.1) is 17.8 Å². The van der Waals surface area contributed by atoms with Crippen LogP contribution in [-0.2, 0) is 22.8 Å². The summed E-state index contributed by atoms with van der Waals surface area (Å²) >= 11 is 0. The van der Waals surface area contributed by atoms with Gasteiger partial charge in [0.05, 0.1) is 11.0 Å². The second kappa shape index (κ2) is 6.65. The van der Waals surface area contributed by atoms with Crippen molar-refractivity contribution in [3.05, 3.63) is 36.2 Å². The van der Waals surface area contributed by atoms with Gasteiger partial charge in [-0.05, 0) is 48.8 Å². The zero-order valence-corrected chi connectivity index (χ0v) is 15.1. The van der Waals surface area contributed by atoms with E-state index in [9.17, 15) is 22.8 Å². The van der Waals surface area contributed by atoms with Crippen molar-refractivity contribution in [2.45, 2.75) is 19.0 Å². The van der Waals surface area contributed by atoms with Crippen LogP contribution >= 0.6 is 0 Å². The highest BCUT2D eigenvalue weighted by atomic mass is 19.4. The van der Waals surface area contributed by atoms with Gasteiger partial charge in [0, 0.05) is 19.3 Å². The van der Waals surface area contributed by atoms with Crippen LogP contribution < -0.4 is 10.6 Å². The van der Waals surface area contributed by atoms with E-state index in [0.29, 0.717) is 24.3 Å². The zero-order valence-electron chi connectivity index (χ0n) is 15.1. The molecule has 9 heteroatoms. The van der Waals surface area contributed by atoms with Crippen molar-refractivity contribution in [3.8, 4) is 0 Å². The van der Waals surface area contributed by atoms with Crippen molar-refractivity contribution in [2.75, 3.05) is 11.9 Å². The van der Waals surface area contributed by atoms with Gasteiger partial charge in [0.2, 0.25) is 5.82 Å². The van der Waals surface area contributed by atoms with Crippen LogP contribution in [0.15, 0.2) is 30.4 Å². The van der Waals surface area contributed by atoms with Gasteiger partial charge in [0.15, 0.2) is 0 Å². The maximum absolute atomic E-state index is 13.0. The summed E-state index contributed by atoms with van der Waals surface area (Å²) in [5.41, 5.74) is 0.572. The molecule has 2 aliphatic rings. The van der Waals surface area contributed by atoms with E-state index in [2.05, 4.69) is 27.8 Å². The van der Waals surface area contributed by atoms with Crippen LogP contribution in [0.1, 0.15) is 18.7 Å². The highest BCUT2D eigenvalue weighted by Crippen LogP contribution is 2.42. The number of imidazole rings is 1. The van der Waals surface area contributed by atoms with E-state index >= 15 is 0 Å². The molecule has 148 valence electrons. The third-order valence-corrected chi connectivity index (χ3v) is 5.54.